The van der Waals surface area contributed by atoms with Gasteiger partial charge in [0.15, 0.2) is 0 Å². The van der Waals surface area contributed by atoms with Crippen molar-refractivity contribution in [2.24, 2.45) is 0 Å². The van der Waals surface area contributed by atoms with Crippen molar-refractivity contribution in [1.82, 2.24) is 24.8 Å². The van der Waals surface area contributed by atoms with E-state index in [0.717, 1.165) is 48.2 Å². The lowest BCUT2D eigenvalue weighted by atomic mass is 9.92. The van der Waals surface area contributed by atoms with Crippen LogP contribution in [0, 0.1) is 6.92 Å². The molecule has 154 valence electrons. The van der Waals surface area contributed by atoms with Gasteiger partial charge in [0.2, 0.25) is 0 Å². The monoisotopic (exact) mass is 397 g/mol. The Morgan fingerprint density at radius 2 is 2.10 bits per heavy atom. The zero-order valence-corrected chi connectivity index (χ0v) is 16.9. The van der Waals surface area contributed by atoms with Gasteiger partial charge in [-0.15, -0.1) is 0 Å². The summed E-state index contributed by atoms with van der Waals surface area (Å²) >= 11 is 0. The molecule has 0 unspecified atom stereocenters. The highest BCUT2D eigenvalue weighted by atomic mass is 16.5. The predicted octanol–water partition coefficient (Wildman–Crippen LogP) is 2.76. The molecule has 0 saturated heterocycles. The molecule has 1 aliphatic rings. The standard InChI is InChI=1S/C21H27N5O3/c1-14-23-19-12-16(26-8-7-22-13-26)11-18(20(19)24-14)21(27)25-15-3-5-17(6-4-15)29-10-9-28-2/h7-8,11-13,15,17H,3-6,9-10H2,1-2H3,(H,23,24)(H,25,27)/t15-,17-. The molecule has 1 aliphatic carbocycles. The summed E-state index contributed by atoms with van der Waals surface area (Å²) in [5, 5.41) is 3.21. The number of nitrogens with zero attached hydrogens (tertiary/aromatic N) is 3. The maximum Gasteiger partial charge on any atom is 0.253 e. The van der Waals surface area contributed by atoms with Gasteiger partial charge in [0.1, 0.15) is 5.82 Å². The largest absolute Gasteiger partial charge is 0.382 e. The summed E-state index contributed by atoms with van der Waals surface area (Å²) in [6.45, 7) is 3.13. The van der Waals surface area contributed by atoms with Crippen molar-refractivity contribution in [3.8, 4) is 5.69 Å². The SMILES string of the molecule is COCCO[C@H]1CC[C@H](NC(=O)c2cc(-n3ccnc3)cc3nc(C)[nH]c23)CC1. The maximum absolute atomic E-state index is 13.1. The minimum Gasteiger partial charge on any atom is -0.382 e. The number of nitrogens with one attached hydrogen (secondary N) is 2. The van der Waals surface area contributed by atoms with Crippen LogP contribution in [0.25, 0.3) is 16.7 Å². The number of carbonyl (C=O) groups excluding carboxylic acids is 1. The number of hydrogen-bond acceptors (Lipinski definition) is 5. The smallest absolute Gasteiger partial charge is 0.253 e. The first kappa shape index (κ1) is 19.6. The van der Waals surface area contributed by atoms with Crippen LogP contribution < -0.4 is 5.32 Å². The molecular formula is C21H27N5O3. The van der Waals surface area contributed by atoms with E-state index < -0.39 is 0 Å². The summed E-state index contributed by atoms with van der Waals surface area (Å²) in [7, 11) is 1.68. The van der Waals surface area contributed by atoms with Crippen molar-refractivity contribution in [2.45, 2.75) is 44.8 Å². The molecule has 1 aromatic carbocycles. The van der Waals surface area contributed by atoms with Gasteiger partial charge >= 0.3 is 0 Å². The number of H-pyrrole nitrogens is 1. The minimum absolute atomic E-state index is 0.0793. The fourth-order valence-electron chi connectivity index (χ4n) is 3.90. The number of aromatic amines is 1. The average molecular weight is 397 g/mol. The molecule has 8 nitrogen and oxygen atoms in total. The van der Waals surface area contributed by atoms with Gasteiger partial charge in [0, 0.05) is 31.2 Å². The number of hydrogen-bond donors (Lipinski definition) is 2. The highest BCUT2D eigenvalue weighted by Gasteiger charge is 2.24. The highest BCUT2D eigenvalue weighted by Crippen LogP contribution is 2.24. The normalized spacial score (nSPS) is 19.5. The Labute approximate surface area is 169 Å². The number of amides is 1. The first-order valence-corrected chi connectivity index (χ1v) is 10.0. The molecular weight excluding hydrogens is 370 g/mol. The molecule has 0 radical (unpaired) electrons. The lowest BCUT2D eigenvalue weighted by molar-refractivity contribution is -0.00408. The molecule has 4 rings (SSSR count). The van der Waals surface area contributed by atoms with Crippen LogP contribution in [0.15, 0.2) is 30.9 Å². The second-order valence-corrected chi connectivity index (χ2v) is 7.49. The second-order valence-electron chi connectivity index (χ2n) is 7.49. The van der Waals surface area contributed by atoms with Crippen LogP contribution in [0.3, 0.4) is 0 Å². The molecule has 1 saturated carbocycles. The molecule has 29 heavy (non-hydrogen) atoms. The molecule has 0 aliphatic heterocycles. The van der Waals surface area contributed by atoms with Crippen LogP contribution in [0.2, 0.25) is 0 Å². The number of rotatable bonds is 7. The van der Waals surface area contributed by atoms with Gasteiger partial charge in [-0.3, -0.25) is 4.79 Å². The Morgan fingerprint density at radius 1 is 1.28 bits per heavy atom. The molecule has 1 amide bonds. The van der Waals surface area contributed by atoms with Crippen LogP contribution in [-0.4, -0.2) is 57.9 Å². The van der Waals surface area contributed by atoms with E-state index in [2.05, 4.69) is 20.3 Å². The van der Waals surface area contributed by atoms with Gasteiger partial charge in [0.25, 0.3) is 5.91 Å². The molecule has 8 heteroatoms. The lowest BCUT2D eigenvalue weighted by Gasteiger charge is -2.29. The summed E-state index contributed by atoms with van der Waals surface area (Å²) in [6, 6.07) is 4.00. The van der Waals surface area contributed by atoms with E-state index in [1.54, 1.807) is 19.6 Å². The lowest BCUT2D eigenvalue weighted by Crippen LogP contribution is -2.39. The van der Waals surface area contributed by atoms with E-state index in [1.807, 2.05) is 29.8 Å². The van der Waals surface area contributed by atoms with Crippen LogP contribution in [-0.2, 0) is 9.47 Å². The summed E-state index contributed by atoms with van der Waals surface area (Å²) in [6.07, 6.45) is 9.26. The summed E-state index contributed by atoms with van der Waals surface area (Å²) < 4.78 is 12.7. The van der Waals surface area contributed by atoms with E-state index in [9.17, 15) is 4.79 Å². The Morgan fingerprint density at radius 3 is 2.83 bits per heavy atom. The number of aromatic nitrogens is 4. The summed E-state index contributed by atoms with van der Waals surface area (Å²) in [5.41, 5.74) is 3.00. The minimum atomic E-state index is -0.0793. The summed E-state index contributed by atoms with van der Waals surface area (Å²) in [4.78, 5) is 25.0. The molecule has 1 fully saturated rings. The number of methoxy groups -OCH3 is 1. The Hall–Kier alpha value is -2.71. The third-order valence-electron chi connectivity index (χ3n) is 5.39. The van der Waals surface area contributed by atoms with E-state index in [-0.39, 0.29) is 18.1 Å². The quantitative estimate of drug-likeness (QED) is 0.598. The van der Waals surface area contributed by atoms with E-state index >= 15 is 0 Å². The first-order chi connectivity index (χ1) is 14.1. The summed E-state index contributed by atoms with van der Waals surface area (Å²) in [5.74, 6) is 0.704. The predicted molar refractivity (Wildman–Crippen MR) is 109 cm³/mol. The average Bonchev–Trinajstić information content (AvgIpc) is 3.37. The fraction of sp³-hybridized carbons (Fsp3) is 0.476. The van der Waals surface area contributed by atoms with E-state index in [1.165, 1.54) is 0 Å². The van der Waals surface area contributed by atoms with Crippen molar-refractivity contribution in [3.05, 3.63) is 42.2 Å². The number of carbonyl (C=O) groups is 1. The van der Waals surface area contributed by atoms with Gasteiger partial charge in [0.05, 0.1) is 42.2 Å². The number of fused-ring (bicyclic) bond motifs is 1. The van der Waals surface area contributed by atoms with E-state index in [4.69, 9.17) is 9.47 Å². The van der Waals surface area contributed by atoms with Crippen molar-refractivity contribution >= 4 is 16.9 Å². The fourth-order valence-corrected chi connectivity index (χ4v) is 3.90. The van der Waals surface area contributed by atoms with Gasteiger partial charge < -0.3 is 24.3 Å². The molecule has 0 atom stereocenters. The number of aryl methyl sites for hydroxylation is 1. The number of ether oxygens (including phenoxy) is 2. The zero-order valence-electron chi connectivity index (χ0n) is 16.9. The molecule has 2 N–H and O–H groups in total. The van der Waals surface area contributed by atoms with Gasteiger partial charge in [-0.2, -0.15) is 0 Å². The Kier molecular flexibility index (Phi) is 5.92. The van der Waals surface area contributed by atoms with Crippen LogP contribution >= 0.6 is 0 Å². The first-order valence-electron chi connectivity index (χ1n) is 10.0. The van der Waals surface area contributed by atoms with Crippen molar-refractivity contribution in [1.29, 1.82) is 0 Å². The Balaban J connectivity index is 1.47. The molecule has 2 aromatic heterocycles. The van der Waals surface area contributed by atoms with Gasteiger partial charge in [-0.25, -0.2) is 9.97 Å². The van der Waals surface area contributed by atoms with E-state index in [0.29, 0.717) is 18.8 Å². The van der Waals surface area contributed by atoms with Crippen molar-refractivity contribution in [3.63, 3.8) is 0 Å². The van der Waals surface area contributed by atoms with Crippen LogP contribution in [0.4, 0.5) is 0 Å². The number of benzene rings is 1. The maximum atomic E-state index is 13.1. The zero-order chi connectivity index (χ0) is 20.2. The molecule has 0 bridgehead atoms. The van der Waals surface area contributed by atoms with Crippen LogP contribution in [0.1, 0.15) is 41.9 Å². The Bertz CT molecular complexity index is 958. The molecule has 0 spiro atoms. The third kappa shape index (κ3) is 4.49. The van der Waals surface area contributed by atoms with Crippen LogP contribution in [0.5, 0.6) is 0 Å². The molecule has 3 aromatic rings. The molecule has 2 heterocycles. The van der Waals surface area contributed by atoms with Crippen molar-refractivity contribution in [2.75, 3.05) is 20.3 Å². The van der Waals surface area contributed by atoms with Gasteiger partial charge in [-0.05, 0) is 44.7 Å². The van der Waals surface area contributed by atoms with Crippen molar-refractivity contribution < 1.29 is 14.3 Å². The number of imidazole rings is 2. The second kappa shape index (κ2) is 8.75. The third-order valence-corrected chi connectivity index (χ3v) is 5.39. The highest BCUT2D eigenvalue weighted by molar-refractivity contribution is 6.06. The van der Waals surface area contributed by atoms with Gasteiger partial charge in [-0.1, -0.05) is 0 Å². The topological polar surface area (TPSA) is 94.1 Å².